The van der Waals surface area contributed by atoms with Crippen molar-refractivity contribution in [3.05, 3.63) is 118 Å². The monoisotopic (exact) mass is 494 g/mol. The van der Waals surface area contributed by atoms with Gasteiger partial charge in [0.1, 0.15) is 17.4 Å². The third-order valence-electron chi connectivity index (χ3n) is 7.34. The summed E-state index contributed by atoms with van der Waals surface area (Å²) >= 11 is 0. The van der Waals surface area contributed by atoms with Gasteiger partial charge in [-0.15, -0.1) is 0 Å². The van der Waals surface area contributed by atoms with Gasteiger partial charge in [-0.25, -0.2) is 4.39 Å². The lowest BCUT2D eigenvalue weighted by Crippen LogP contribution is -2.45. The molecule has 1 aliphatic carbocycles. The molecule has 0 fully saturated rings. The molecule has 5 rings (SSSR count). The van der Waals surface area contributed by atoms with Crippen molar-refractivity contribution >= 4 is 23.1 Å². The van der Waals surface area contributed by atoms with E-state index in [1.165, 1.54) is 6.07 Å². The number of aliphatic hydroxyl groups excluding tert-OH is 1. The molecule has 0 amide bonds. The number of amidine groups is 1. The van der Waals surface area contributed by atoms with Crippen LogP contribution >= 0.6 is 0 Å². The number of halogens is 1. The van der Waals surface area contributed by atoms with E-state index in [0.717, 1.165) is 17.7 Å². The SMILES string of the molecule is CCc1ccc(N2C(=N)/C(=C(/O)c3ccccc3)C(c3ccccc3F)C3=C2CC(C)(C)CC3=O)cc1. The number of hydrogen-bond donors (Lipinski definition) is 2. The Morgan fingerprint density at radius 3 is 2.30 bits per heavy atom. The molecule has 3 aromatic carbocycles. The molecule has 0 bridgehead atoms. The number of carbonyl (C=O) groups is 1. The highest BCUT2D eigenvalue weighted by Gasteiger charge is 2.47. The second-order valence-corrected chi connectivity index (χ2v) is 10.6. The molecule has 0 saturated carbocycles. The summed E-state index contributed by atoms with van der Waals surface area (Å²) in [5.41, 5.74) is 3.76. The van der Waals surface area contributed by atoms with Crippen molar-refractivity contribution < 1.29 is 14.3 Å². The number of anilines is 1. The van der Waals surface area contributed by atoms with Crippen LogP contribution in [0.2, 0.25) is 0 Å². The first-order valence-corrected chi connectivity index (χ1v) is 12.7. The van der Waals surface area contributed by atoms with Gasteiger partial charge in [-0.1, -0.05) is 81.4 Å². The highest BCUT2D eigenvalue weighted by atomic mass is 19.1. The topological polar surface area (TPSA) is 64.4 Å². The number of nitrogens with one attached hydrogen (secondary N) is 1. The summed E-state index contributed by atoms with van der Waals surface area (Å²) in [4.78, 5) is 15.6. The summed E-state index contributed by atoms with van der Waals surface area (Å²) in [6, 6.07) is 23.2. The van der Waals surface area contributed by atoms with E-state index >= 15 is 4.39 Å². The predicted octanol–water partition coefficient (Wildman–Crippen LogP) is 7.58. The van der Waals surface area contributed by atoms with Crippen LogP contribution < -0.4 is 4.90 Å². The molecule has 2 N–H and O–H groups in total. The van der Waals surface area contributed by atoms with Crippen LogP contribution in [0.3, 0.4) is 0 Å². The number of rotatable bonds is 4. The Bertz CT molecular complexity index is 1440. The average Bonchev–Trinajstić information content (AvgIpc) is 2.88. The zero-order chi connectivity index (χ0) is 26.3. The fraction of sp³-hybridized carbons (Fsp3) is 0.250. The van der Waals surface area contributed by atoms with Gasteiger partial charge in [-0.2, -0.15) is 0 Å². The summed E-state index contributed by atoms with van der Waals surface area (Å²) in [6.07, 6.45) is 1.74. The predicted molar refractivity (Wildman–Crippen MR) is 146 cm³/mol. The highest BCUT2D eigenvalue weighted by Crippen LogP contribution is 2.51. The first-order chi connectivity index (χ1) is 17.7. The molecule has 5 heteroatoms. The molecular weight excluding hydrogens is 463 g/mol. The molecule has 4 nitrogen and oxygen atoms in total. The second kappa shape index (κ2) is 9.47. The molecule has 1 aliphatic heterocycles. The summed E-state index contributed by atoms with van der Waals surface area (Å²) in [5.74, 6) is -1.52. The number of carbonyl (C=O) groups excluding carboxylic acids is 1. The Labute approximate surface area is 217 Å². The van der Waals surface area contributed by atoms with E-state index in [-0.39, 0.29) is 33.9 Å². The summed E-state index contributed by atoms with van der Waals surface area (Å²) in [7, 11) is 0. The first-order valence-electron chi connectivity index (χ1n) is 12.7. The van der Waals surface area contributed by atoms with Crippen LogP contribution in [-0.4, -0.2) is 16.7 Å². The first kappa shape index (κ1) is 24.7. The maximum absolute atomic E-state index is 15.4. The van der Waals surface area contributed by atoms with Crippen molar-refractivity contribution in [1.29, 1.82) is 5.41 Å². The van der Waals surface area contributed by atoms with Crippen molar-refractivity contribution in [2.45, 2.75) is 46.0 Å². The number of benzene rings is 3. The number of allylic oxidation sites excluding steroid dienone is 2. The van der Waals surface area contributed by atoms with Gasteiger partial charge in [0.15, 0.2) is 5.78 Å². The van der Waals surface area contributed by atoms with Gasteiger partial charge in [0.05, 0.1) is 0 Å². The summed E-state index contributed by atoms with van der Waals surface area (Å²) in [6.45, 7) is 6.17. The lowest BCUT2D eigenvalue weighted by atomic mass is 9.67. The molecule has 1 heterocycles. The van der Waals surface area contributed by atoms with Crippen LogP contribution in [0.5, 0.6) is 0 Å². The molecule has 3 aromatic rings. The molecule has 1 unspecified atom stereocenters. The molecular formula is C32H31FN2O2. The molecule has 1 atom stereocenters. The standard InChI is InChI=1S/C32H31FN2O2/c1-4-20-14-16-22(17-15-20)35-25-18-32(2,3)19-26(36)28(25)27(23-12-8-9-13-24(23)33)29(31(35)34)30(37)21-10-6-5-7-11-21/h5-17,27,34,37H,4,18-19H2,1-3H3/b30-29+,34-31?. The van der Waals surface area contributed by atoms with Crippen molar-refractivity contribution in [2.75, 3.05) is 4.90 Å². The molecule has 0 spiro atoms. The smallest absolute Gasteiger partial charge is 0.162 e. The van der Waals surface area contributed by atoms with Gasteiger partial charge in [0.2, 0.25) is 0 Å². The van der Waals surface area contributed by atoms with E-state index in [0.29, 0.717) is 29.7 Å². The third-order valence-corrected chi connectivity index (χ3v) is 7.34. The van der Waals surface area contributed by atoms with E-state index in [1.54, 1.807) is 47.4 Å². The summed E-state index contributed by atoms with van der Waals surface area (Å²) < 4.78 is 15.4. The van der Waals surface area contributed by atoms with Crippen molar-refractivity contribution in [1.82, 2.24) is 0 Å². The maximum Gasteiger partial charge on any atom is 0.162 e. The number of aliphatic hydroxyl groups is 1. The Balaban J connectivity index is 1.85. The van der Waals surface area contributed by atoms with E-state index in [1.807, 2.05) is 44.2 Å². The quantitative estimate of drug-likeness (QED) is 0.367. The van der Waals surface area contributed by atoms with Gasteiger partial charge in [0, 0.05) is 46.0 Å². The van der Waals surface area contributed by atoms with Crippen LogP contribution in [0.15, 0.2) is 95.7 Å². The van der Waals surface area contributed by atoms with Gasteiger partial charge in [-0.3, -0.25) is 15.1 Å². The van der Waals surface area contributed by atoms with E-state index in [2.05, 4.69) is 6.92 Å². The molecule has 37 heavy (non-hydrogen) atoms. The minimum absolute atomic E-state index is 0.0445. The Hall–Kier alpha value is -3.99. The molecule has 0 aromatic heterocycles. The average molecular weight is 495 g/mol. The molecule has 2 aliphatic rings. The number of ketones is 1. The lowest BCUT2D eigenvalue weighted by Gasteiger charge is -2.45. The van der Waals surface area contributed by atoms with E-state index in [9.17, 15) is 15.3 Å². The van der Waals surface area contributed by atoms with Crippen molar-refractivity contribution in [3.63, 3.8) is 0 Å². The van der Waals surface area contributed by atoms with Crippen molar-refractivity contribution in [3.8, 4) is 0 Å². The van der Waals surface area contributed by atoms with E-state index in [4.69, 9.17) is 0 Å². The summed E-state index contributed by atoms with van der Waals surface area (Å²) in [5, 5.41) is 21.0. The largest absolute Gasteiger partial charge is 0.507 e. The molecule has 0 radical (unpaired) electrons. The van der Waals surface area contributed by atoms with Crippen LogP contribution in [-0.2, 0) is 11.2 Å². The van der Waals surface area contributed by atoms with Gasteiger partial charge in [-0.05, 0) is 42.0 Å². The third kappa shape index (κ3) is 4.39. The van der Waals surface area contributed by atoms with Crippen LogP contribution in [0.4, 0.5) is 10.1 Å². The van der Waals surface area contributed by atoms with Gasteiger partial charge < -0.3 is 5.11 Å². The normalized spacial score (nSPS) is 20.6. The zero-order valence-corrected chi connectivity index (χ0v) is 21.4. The second-order valence-electron chi connectivity index (χ2n) is 10.6. The highest BCUT2D eigenvalue weighted by molar-refractivity contribution is 6.19. The van der Waals surface area contributed by atoms with Crippen LogP contribution in [0.1, 0.15) is 56.2 Å². The zero-order valence-electron chi connectivity index (χ0n) is 21.4. The van der Waals surface area contributed by atoms with Gasteiger partial charge in [0.25, 0.3) is 0 Å². The fourth-order valence-corrected chi connectivity index (χ4v) is 5.55. The molecule has 188 valence electrons. The Morgan fingerprint density at radius 1 is 1.00 bits per heavy atom. The molecule has 0 saturated heterocycles. The lowest BCUT2D eigenvalue weighted by molar-refractivity contribution is -0.118. The Morgan fingerprint density at radius 2 is 1.65 bits per heavy atom. The van der Waals surface area contributed by atoms with Crippen molar-refractivity contribution in [2.24, 2.45) is 5.41 Å². The fourth-order valence-electron chi connectivity index (χ4n) is 5.55. The van der Waals surface area contributed by atoms with Gasteiger partial charge >= 0.3 is 0 Å². The Kier molecular flexibility index (Phi) is 6.32. The van der Waals surface area contributed by atoms with Crippen LogP contribution in [0.25, 0.3) is 5.76 Å². The van der Waals surface area contributed by atoms with Crippen LogP contribution in [0, 0.1) is 16.6 Å². The number of Topliss-reactive ketones (excluding diaryl/α,β-unsaturated/α-hetero) is 1. The number of nitrogens with zero attached hydrogens (tertiary/aromatic N) is 1. The minimum atomic E-state index is -0.890. The number of hydrogen-bond acceptors (Lipinski definition) is 3. The minimum Gasteiger partial charge on any atom is -0.507 e. The van der Waals surface area contributed by atoms with E-state index < -0.39 is 11.7 Å². The number of aryl methyl sites for hydroxylation is 1. The maximum atomic E-state index is 15.4.